The van der Waals surface area contributed by atoms with Crippen LogP contribution in [0.1, 0.15) is 11.5 Å². The van der Waals surface area contributed by atoms with Crippen LogP contribution in [0.2, 0.25) is 0 Å². The van der Waals surface area contributed by atoms with Crippen molar-refractivity contribution in [2.24, 2.45) is 0 Å². The number of nitrogen functional groups attached to an aromatic ring is 1. The maximum absolute atomic E-state index is 5.69. The molecule has 0 unspecified atom stereocenters. The molecule has 0 saturated carbocycles. The van der Waals surface area contributed by atoms with Crippen molar-refractivity contribution in [2.45, 2.75) is 17.6 Å². The molecule has 2 aromatic rings. The molecule has 94 valence electrons. The Bertz CT molecular complexity index is 508. The standard InChI is InChI=1S/C13H15N3OS/c1-9-7-12(14)16-13(15-9)8-18-11-5-3-10(17-2)4-6-11/h3-7H,8H2,1-2H3,(H2,14,15,16). The normalized spacial score (nSPS) is 10.3. The van der Waals surface area contributed by atoms with E-state index in [-0.39, 0.29) is 0 Å². The van der Waals surface area contributed by atoms with Gasteiger partial charge in [0.05, 0.1) is 12.9 Å². The lowest BCUT2D eigenvalue weighted by molar-refractivity contribution is 0.414. The van der Waals surface area contributed by atoms with Gasteiger partial charge in [-0.15, -0.1) is 11.8 Å². The predicted molar refractivity (Wildman–Crippen MR) is 73.7 cm³/mol. The average Bonchev–Trinajstić information content (AvgIpc) is 2.36. The van der Waals surface area contributed by atoms with Crippen LogP contribution in [0.5, 0.6) is 5.75 Å². The highest BCUT2D eigenvalue weighted by Gasteiger charge is 2.02. The summed E-state index contributed by atoms with van der Waals surface area (Å²) in [6.07, 6.45) is 0. The number of thioether (sulfide) groups is 1. The second-order valence-electron chi connectivity index (χ2n) is 3.81. The molecule has 0 saturated heterocycles. The van der Waals surface area contributed by atoms with E-state index >= 15 is 0 Å². The highest BCUT2D eigenvalue weighted by molar-refractivity contribution is 7.98. The van der Waals surface area contributed by atoms with Crippen molar-refractivity contribution in [1.29, 1.82) is 0 Å². The number of aromatic nitrogens is 2. The minimum Gasteiger partial charge on any atom is -0.497 e. The number of anilines is 1. The Kier molecular flexibility index (Phi) is 4.04. The van der Waals surface area contributed by atoms with Crippen molar-refractivity contribution in [3.63, 3.8) is 0 Å². The van der Waals surface area contributed by atoms with Gasteiger partial charge in [-0.05, 0) is 31.2 Å². The molecule has 1 aromatic carbocycles. The molecule has 0 fully saturated rings. The van der Waals surface area contributed by atoms with Crippen LogP contribution in [-0.4, -0.2) is 17.1 Å². The molecule has 0 aliphatic rings. The van der Waals surface area contributed by atoms with Gasteiger partial charge in [0.15, 0.2) is 0 Å². The predicted octanol–water partition coefficient (Wildman–Crippen LogP) is 2.67. The first-order chi connectivity index (χ1) is 8.67. The van der Waals surface area contributed by atoms with Gasteiger partial charge in [0.1, 0.15) is 17.4 Å². The van der Waals surface area contributed by atoms with E-state index < -0.39 is 0 Å². The molecule has 0 spiro atoms. The summed E-state index contributed by atoms with van der Waals surface area (Å²) in [6, 6.07) is 9.68. The van der Waals surface area contributed by atoms with Crippen LogP contribution in [-0.2, 0) is 5.75 Å². The van der Waals surface area contributed by atoms with E-state index in [1.54, 1.807) is 24.9 Å². The van der Waals surface area contributed by atoms with Gasteiger partial charge in [-0.2, -0.15) is 0 Å². The van der Waals surface area contributed by atoms with Crippen LogP contribution >= 0.6 is 11.8 Å². The number of benzene rings is 1. The third kappa shape index (κ3) is 3.37. The zero-order chi connectivity index (χ0) is 13.0. The highest BCUT2D eigenvalue weighted by Crippen LogP contribution is 2.24. The Morgan fingerprint density at radius 2 is 1.94 bits per heavy atom. The van der Waals surface area contributed by atoms with Crippen molar-refractivity contribution in [1.82, 2.24) is 9.97 Å². The smallest absolute Gasteiger partial charge is 0.141 e. The third-order valence-corrected chi connectivity index (χ3v) is 3.36. The summed E-state index contributed by atoms with van der Waals surface area (Å²) in [4.78, 5) is 9.70. The Labute approximate surface area is 111 Å². The van der Waals surface area contributed by atoms with Gasteiger partial charge in [-0.1, -0.05) is 0 Å². The van der Waals surface area contributed by atoms with Crippen molar-refractivity contribution in [2.75, 3.05) is 12.8 Å². The quantitative estimate of drug-likeness (QED) is 0.857. The van der Waals surface area contributed by atoms with Gasteiger partial charge in [-0.25, -0.2) is 9.97 Å². The zero-order valence-electron chi connectivity index (χ0n) is 10.4. The maximum atomic E-state index is 5.69. The topological polar surface area (TPSA) is 61.0 Å². The minimum absolute atomic E-state index is 0.521. The monoisotopic (exact) mass is 261 g/mol. The Morgan fingerprint density at radius 1 is 1.22 bits per heavy atom. The Balaban J connectivity index is 2.01. The van der Waals surface area contributed by atoms with Crippen molar-refractivity contribution >= 4 is 17.6 Å². The molecule has 4 nitrogen and oxygen atoms in total. The van der Waals surface area contributed by atoms with E-state index in [1.807, 2.05) is 31.2 Å². The minimum atomic E-state index is 0.521. The highest BCUT2D eigenvalue weighted by atomic mass is 32.2. The van der Waals surface area contributed by atoms with Gasteiger partial charge in [-0.3, -0.25) is 0 Å². The fourth-order valence-electron chi connectivity index (χ4n) is 1.54. The summed E-state index contributed by atoms with van der Waals surface area (Å²) >= 11 is 1.67. The number of aryl methyl sites for hydroxylation is 1. The molecule has 18 heavy (non-hydrogen) atoms. The number of methoxy groups -OCH3 is 1. The number of hydrogen-bond acceptors (Lipinski definition) is 5. The van der Waals surface area contributed by atoms with E-state index in [0.29, 0.717) is 11.6 Å². The molecular formula is C13H15N3OS. The maximum Gasteiger partial charge on any atom is 0.141 e. The first-order valence-electron chi connectivity index (χ1n) is 5.54. The number of nitrogens with two attached hydrogens (primary N) is 1. The summed E-state index contributed by atoms with van der Waals surface area (Å²) in [5, 5.41) is 0. The van der Waals surface area contributed by atoms with E-state index in [1.165, 1.54) is 0 Å². The molecule has 5 heteroatoms. The lowest BCUT2D eigenvalue weighted by Gasteiger charge is -2.04. The molecule has 0 radical (unpaired) electrons. The third-order valence-electron chi connectivity index (χ3n) is 2.35. The summed E-state index contributed by atoms with van der Waals surface area (Å²) in [6.45, 7) is 1.92. The molecule has 2 rings (SSSR count). The second-order valence-corrected chi connectivity index (χ2v) is 4.86. The zero-order valence-corrected chi connectivity index (χ0v) is 11.2. The molecule has 0 atom stereocenters. The van der Waals surface area contributed by atoms with Crippen LogP contribution in [0.3, 0.4) is 0 Å². The Morgan fingerprint density at radius 3 is 2.56 bits per heavy atom. The average molecular weight is 261 g/mol. The van der Waals surface area contributed by atoms with Crippen molar-refractivity contribution < 1.29 is 4.74 Å². The lowest BCUT2D eigenvalue weighted by Crippen LogP contribution is -1.99. The van der Waals surface area contributed by atoms with Crippen LogP contribution < -0.4 is 10.5 Å². The molecule has 0 aliphatic heterocycles. The molecular weight excluding hydrogens is 246 g/mol. The van der Waals surface area contributed by atoms with E-state index in [4.69, 9.17) is 10.5 Å². The molecule has 2 N–H and O–H groups in total. The molecule has 0 aliphatic carbocycles. The summed E-state index contributed by atoms with van der Waals surface area (Å²) < 4.78 is 5.11. The lowest BCUT2D eigenvalue weighted by atomic mass is 10.3. The van der Waals surface area contributed by atoms with Gasteiger partial charge in [0.2, 0.25) is 0 Å². The van der Waals surface area contributed by atoms with Gasteiger partial charge in [0.25, 0.3) is 0 Å². The number of ether oxygens (including phenoxy) is 1. The summed E-state index contributed by atoms with van der Waals surface area (Å²) in [5.74, 6) is 2.84. The first kappa shape index (κ1) is 12.7. The van der Waals surface area contributed by atoms with Gasteiger partial charge in [0, 0.05) is 16.7 Å². The fraction of sp³-hybridized carbons (Fsp3) is 0.231. The van der Waals surface area contributed by atoms with Gasteiger partial charge < -0.3 is 10.5 Å². The Hall–Kier alpha value is -1.75. The van der Waals surface area contributed by atoms with Crippen molar-refractivity contribution in [3.05, 3.63) is 41.9 Å². The second kappa shape index (κ2) is 5.73. The van der Waals surface area contributed by atoms with Crippen LogP contribution in [0, 0.1) is 6.92 Å². The first-order valence-corrected chi connectivity index (χ1v) is 6.53. The van der Waals surface area contributed by atoms with Crippen molar-refractivity contribution in [3.8, 4) is 5.75 Å². The molecule has 1 heterocycles. The summed E-state index contributed by atoms with van der Waals surface area (Å²) in [7, 11) is 1.66. The van der Waals surface area contributed by atoms with Gasteiger partial charge >= 0.3 is 0 Å². The van der Waals surface area contributed by atoms with E-state index in [9.17, 15) is 0 Å². The SMILES string of the molecule is COc1ccc(SCc2nc(C)cc(N)n2)cc1. The van der Waals surface area contributed by atoms with Crippen LogP contribution in [0.4, 0.5) is 5.82 Å². The number of nitrogens with zero attached hydrogens (tertiary/aromatic N) is 2. The van der Waals surface area contributed by atoms with Crippen LogP contribution in [0.25, 0.3) is 0 Å². The fourth-order valence-corrected chi connectivity index (χ4v) is 2.29. The molecule has 1 aromatic heterocycles. The largest absolute Gasteiger partial charge is 0.497 e. The van der Waals surface area contributed by atoms with E-state index in [2.05, 4.69) is 9.97 Å². The van der Waals surface area contributed by atoms with Crippen LogP contribution in [0.15, 0.2) is 35.2 Å². The molecule has 0 bridgehead atoms. The molecule has 0 amide bonds. The number of rotatable bonds is 4. The summed E-state index contributed by atoms with van der Waals surface area (Å²) in [5.41, 5.74) is 6.59. The number of hydrogen-bond donors (Lipinski definition) is 1. The van der Waals surface area contributed by atoms with E-state index in [0.717, 1.165) is 22.2 Å².